The van der Waals surface area contributed by atoms with Crippen LogP contribution in [-0.2, 0) is 4.79 Å². The maximum absolute atomic E-state index is 13.6. The molecule has 2 N–H and O–H groups in total. The molecule has 20 heavy (non-hydrogen) atoms. The fraction of sp³-hybridized carbons (Fsp3) is 0.312. The summed E-state index contributed by atoms with van der Waals surface area (Å²) in [7, 11) is 0. The Morgan fingerprint density at radius 1 is 1.45 bits per heavy atom. The van der Waals surface area contributed by atoms with E-state index in [1.165, 1.54) is 12.1 Å². The van der Waals surface area contributed by atoms with Crippen molar-refractivity contribution in [2.45, 2.75) is 19.4 Å². The molecule has 2 rings (SSSR count). The number of aliphatic hydroxyl groups is 1. The number of amides is 1. The number of aliphatic hydroxyl groups excluding tert-OH is 1. The van der Waals surface area contributed by atoms with Crippen molar-refractivity contribution >= 4 is 11.5 Å². The molecule has 1 amide bonds. The van der Waals surface area contributed by atoms with E-state index in [0.717, 1.165) is 0 Å². The maximum atomic E-state index is 13.6. The molecule has 4 heteroatoms. The van der Waals surface area contributed by atoms with E-state index >= 15 is 0 Å². The van der Waals surface area contributed by atoms with E-state index in [1.807, 2.05) is 12.2 Å². The van der Waals surface area contributed by atoms with Crippen LogP contribution in [0.4, 0.5) is 4.39 Å². The second kappa shape index (κ2) is 6.48. The highest BCUT2D eigenvalue weighted by atomic mass is 19.1. The summed E-state index contributed by atoms with van der Waals surface area (Å²) in [6, 6.07) is 6.30. The fourth-order valence-electron chi connectivity index (χ4n) is 2.30. The van der Waals surface area contributed by atoms with Gasteiger partial charge in [0.15, 0.2) is 0 Å². The molecule has 1 aromatic rings. The topological polar surface area (TPSA) is 49.3 Å². The van der Waals surface area contributed by atoms with E-state index in [1.54, 1.807) is 25.1 Å². The number of nitrogens with one attached hydrogen (secondary N) is 1. The van der Waals surface area contributed by atoms with Crippen LogP contribution in [0.1, 0.15) is 18.9 Å². The van der Waals surface area contributed by atoms with Crippen molar-refractivity contribution in [3.05, 3.63) is 53.9 Å². The average molecular weight is 275 g/mol. The van der Waals surface area contributed by atoms with Gasteiger partial charge in [-0.3, -0.25) is 4.79 Å². The molecule has 0 saturated carbocycles. The van der Waals surface area contributed by atoms with Crippen molar-refractivity contribution in [3.8, 4) is 0 Å². The molecule has 0 aliphatic heterocycles. The number of hydrogen-bond acceptors (Lipinski definition) is 2. The van der Waals surface area contributed by atoms with Crippen molar-refractivity contribution in [1.82, 2.24) is 5.32 Å². The minimum atomic E-state index is -0.338. The maximum Gasteiger partial charge on any atom is 0.244 e. The lowest BCUT2D eigenvalue weighted by molar-refractivity contribution is -0.116. The monoisotopic (exact) mass is 275 g/mol. The Bertz CT molecular complexity index is 551. The van der Waals surface area contributed by atoms with Gasteiger partial charge in [-0.2, -0.15) is 0 Å². The number of benzene rings is 1. The van der Waals surface area contributed by atoms with Gasteiger partial charge in [-0.1, -0.05) is 30.4 Å². The van der Waals surface area contributed by atoms with Crippen LogP contribution < -0.4 is 5.32 Å². The van der Waals surface area contributed by atoms with Crippen molar-refractivity contribution < 1.29 is 14.3 Å². The lowest BCUT2D eigenvalue weighted by Gasteiger charge is -2.11. The molecule has 0 heterocycles. The summed E-state index contributed by atoms with van der Waals surface area (Å²) in [5.41, 5.74) is 1.01. The van der Waals surface area contributed by atoms with E-state index in [9.17, 15) is 9.18 Å². The predicted octanol–water partition coefficient (Wildman–Crippen LogP) is 2.28. The molecule has 1 aliphatic rings. The molecule has 0 unspecified atom stereocenters. The molecule has 1 aliphatic carbocycles. The molecule has 0 radical (unpaired) electrons. The Labute approximate surface area is 117 Å². The van der Waals surface area contributed by atoms with Crippen molar-refractivity contribution in [2.75, 3.05) is 6.61 Å². The fourth-order valence-corrected chi connectivity index (χ4v) is 2.30. The van der Waals surface area contributed by atoms with E-state index < -0.39 is 0 Å². The summed E-state index contributed by atoms with van der Waals surface area (Å²) >= 11 is 0. The molecule has 1 aromatic carbocycles. The minimum absolute atomic E-state index is 0.0654. The third kappa shape index (κ3) is 3.54. The molecule has 2 atom stereocenters. The summed E-state index contributed by atoms with van der Waals surface area (Å²) in [5, 5.41) is 11.9. The lowest BCUT2D eigenvalue weighted by atomic mass is 10.1. The largest absolute Gasteiger partial charge is 0.396 e. The number of halogens is 1. The van der Waals surface area contributed by atoms with E-state index in [2.05, 4.69) is 5.32 Å². The molecular weight excluding hydrogens is 257 g/mol. The number of rotatable bonds is 4. The Balaban J connectivity index is 1.99. The highest BCUT2D eigenvalue weighted by Crippen LogP contribution is 2.19. The van der Waals surface area contributed by atoms with Crippen molar-refractivity contribution in [1.29, 1.82) is 0 Å². The first-order valence-electron chi connectivity index (χ1n) is 6.63. The number of allylic oxidation sites excluding steroid dienone is 1. The van der Waals surface area contributed by atoms with Gasteiger partial charge in [-0.05, 0) is 25.0 Å². The Kier molecular flexibility index (Phi) is 4.69. The van der Waals surface area contributed by atoms with Crippen LogP contribution in [-0.4, -0.2) is 23.7 Å². The van der Waals surface area contributed by atoms with Gasteiger partial charge in [0.2, 0.25) is 5.91 Å². The predicted molar refractivity (Wildman–Crippen MR) is 76.3 cm³/mol. The summed E-state index contributed by atoms with van der Waals surface area (Å²) in [5.74, 6) is -0.480. The number of carbonyl (C=O) groups is 1. The number of hydrogen-bond donors (Lipinski definition) is 2. The van der Waals surface area contributed by atoms with Crippen LogP contribution in [0.5, 0.6) is 0 Å². The van der Waals surface area contributed by atoms with E-state index in [4.69, 9.17) is 5.11 Å². The first-order chi connectivity index (χ1) is 9.60. The summed E-state index contributed by atoms with van der Waals surface area (Å²) in [6.45, 7) is 1.80. The highest BCUT2D eigenvalue weighted by molar-refractivity contribution is 5.95. The Morgan fingerprint density at radius 2 is 2.20 bits per heavy atom. The first-order valence-corrected chi connectivity index (χ1v) is 6.63. The molecular formula is C16H18FNO2. The zero-order valence-electron chi connectivity index (χ0n) is 11.3. The zero-order valence-corrected chi connectivity index (χ0v) is 11.3. The minimum Gasteiger partial charge on any atom is -0.396 e. The number of carbonyl (C=O) groups excluding carboxylic acids is 1. The van der Waals surface area contributed by atoms with Gasteiger partial charge in [0.25, 0.3) is 0 Å². The van der Waals surface area contributed by atoms with Crippen LogP contribution in [0, 0.1) is 11.7 Å². The van der Waals surface area contributed by atoms with Gasteiger partial charge in [0, 0.05) is 30.2 Å². The van der Waals surface area contributed by atoms with E-state index in [-0.39, 0.29) is 30.3 Å². The first kappa shape index (κ1) is 14.5. The molecule has 0 aromatic heterocycles. The third-order valence-corrected chi connectivity index (χ3v) is 3.38. The van der Waals surface area contributed by atoms with Gasteiger partial charge in [0.1, 0.15) is 5.82 Å². The van der Waals surface area contributed by atoms with Gasteiger partial charge >= 0.3 is 0 Å². The van der Waals surface area contributed by atoms with Gasteiger partial charge < -0.3 is 10.4 Å². The average Bonchev–Trinajstić information content (AvgIpc) is 2.86. The lowest BCUT2D eigenvalue weighted by Crippen LogP contribution is -2.31. The standard InChI is InChI=1S/C16H18FNO2/c1-11(14-4-2-3-5-15(14)17)8-16(20)18-13-7-6-12(9-13)10-19/h2-8,12-13,19H,9-10H2,1H3,(H,18,20)/b11-8-/t12-,13+/m0/s1. The Hall–Kier alpha value is -1.94. The SMILES string of the molecule is C/C(=C/C(=O)N[C@@H]1C=C[C@H](CO)C1)c1ccccc1F. The van der Waals surface area contributed by atoms with Crippen LogP contribution in [0.3, 0.4) is 0 Å². The van der Waals surface area contributed by atoms with Crippen molar-refractivity contribution in [3.63, 3.8) is 0 Å². The molecule has 0 fully saturated rings. The summed E-state index contributed by atoms with van der Waals surface area (Å²) < 4.78 is 13.6. The second-order valence-corrected chi connectivity index (χ2v) is 4.99. The van der Waals surface area contributed by atoms with Crippen LogP contribution in [0.2, 0.25) is 0 Å². The van der Waals surface area contributed by atoms with Gasteiger partial charge in [-0.25, -0.2) is 4.39 Å². The molecule has 0 saturated heterocycles. The molecule has 0 bridgehead atoms. The second-order valence-electron chi connectivity index (χ2n) is 4.99. The normalized spacial score (nSPS) is 22.1. The van der Waals surface area contributed by atoms with Crippen LogP contribution in [0.15, 0.2) is 42.5 Å². The Morgan fingerprint density at radius 3 is 2.85 bits per heavy atom. The zero-order chi connectivity index (χ0) is 14.5. The smallest absolute Gasteiger partial charge is 0.244 e. The quantitative estimate of drug-likeness (QED) is 0.654. The molecule has 106 valence electrons. The summed E-state index contributed by atoms with van der Waals surface area (Å²) in [6.07, 6.45) is 5.89. The van der Waals surface area contributed by atoms with Gasteiger partial charge in [0.05, 0.1) is 0 Å². The summed E-state index contributed by atoms with van der Waals surface area (Å²) in [4.78, 5) is 11.9. The van der Waals surface area contributed by atoms with Gasteiger partial charge in [-0.15, -0.1) is 0 Å². The van der Waals surface area contributed by atoms with E-state index in [0.29, 0.717) is 17.6 Å². The van der Waals surface area contributed by atoms with Crippen molar-refractivity contribution in [2.24, 2.45) is 5.92 Å². The highest BCUT2D eigenvalue weighted by Gasteiger charge is 2.19. The third-order valence-electron chi connectivity index (χ3n) is 3.38. The van der Waals surface area contributed by atoms with Crippen LogP contribution >= 0.6 is 0 Å². The molecule has 3 nitrogen and oxygen atoms in total. The van der Waals surface area contributed by atoms with Crippen LogP contribution in [0.25, 0.3) is 5.57 Å². The molecule has 0 spiro atoms.